The summed E-state index contributed by atoms with van der Waals surface area (Å²) in [5.41, 5.74) is 0.592. The van der Waals surface area contributed by atoms with Gasteiger partial charge in [-0.1, -0.05) is 0 Å². The normalized spacial score (nSPS) is 11.6. The molecule has 0 fully saturated rings. The maximum absolute atomic E-state index is 12.0. The molecule has 0 bridgehead atoms. The van der Waals surface area contributed by atoms with E-state index in [0.29, 0.717) is 11.5 Å². The average Bonchev–Trinajstić information content (AvgIpc) is 2.25. The molecule has 0 N–H and O–H groups in total. The minimum atomic E-state index is -4.15. The van der Waals surface area contributed by atoms with E-state index in [4.69, 9.17) is 11.6 Å². The molecule has 0 amide bonds. The first-order chi connectivity index (χ1) is 7.42. The number of anilines is 1. The molecule has 0 saturated carbocycles. The highest BCUT2D eigenvalue weighted by atomic mass is 35.5. The van der Waals surface area contributed by atoms with Crippen molar-refractivity contribution in [2.75, 3.05) is 18.5 Å². The minimum absolute atomic E-state index is 0.140. The van der Waals surface area contributed by atoms with Crippen LogP contribution >= 0.6 is 11.6 Å². The molecule has 0 aliphatic rings. The van der Waals surface area contributed by atoms with Gasteiger partial charge in [0.15, 0.2) is 0 Å². The zero-order valence-corrected chi connectivity index (χ0v) is 9.39. The van der Waals surface area contributed by atoms with Gasteiger partial charge in [-0.15, -0.1) is 11.6 Å². The quantitative estimate of drug-likeness (QED) is 0.773. The van der Waals surface area contributed by atoms with Crippen molar-refractivity contribution in [3.8, 4) is 0 Å². The van der Waals surface area contributed by atoms with Gasteiger partial charge in [-0.05, 0) is 0 Å². The first kappa shape index (κ1) is 13.0. The zero-order valence-electron chi connectivity index (χ0n) is 8.63. The highest BCUT2D eigenvalue weighted by molar-refractivity contribution is 6.16. The van der Waals surface area contributed by atoms with E-state index in [1.807, 2.05) is 0 Å². The van der Waals surface area contributed by atoms with Crippen LogP contribution in [0.3, 0.4) is 0 Å². The van der Waals surface area contributed by atoms with E-state index in [9.17, 15) is 13.2 Å². The molecule has 7 heteroatoms. The topological polar surface area (TPSA) is 29.0 Å². The van der Waals surface area contributed by atoms with Gasteiger partial charge in [0.1, 0.15) is 5.82 Å². The van der Waals surface area contributed by atoms with E-state index in [1.165, 1.54) is 24.3 Å². The van der Waals surface area contributed by atoms with Crippen molar-refractivity contribution < 1.29 is 13.2 Å². The molecule has 16 heavy (non-hydrogen) atoms. The van der Waals surface area contributed by atoms with Gasteiger partial charge < -0.3 is 4.90 Å². The van der Waals surface area contributed by atoms with Gasteiger partial charge in [0.2, 0.25) is 0 Å². The number of halogens is 4. The highest BCUT2D eigenvalue weighted by Crippen LogP contribution is 2.20. The number of aromatic nitrogens is 2. The summed E-state index contributed by atoms with van der Waals surface area (Å²) >= 11 is 5.51. The lowest BCUT2D eigenvalue weighted by atomic mass is 10.4. The summed E-state index contributed by atoms with van der Waals surface area (Å²) in [5, 5.41) is 0. The molecule has 0 aliphatic heterocycles. The van der Waals surface area contributed by atoms with E-state index in [-0.39, 0.29) is 12.4 Å². The standard InChI is InChI=1S/C9H11ClF3N3/c1-16(3-2-9(11,12)13)8-6-14-7(4-10)5-15-8/h5-6H,2-4H2,1H3. The van der Waals surface area contributed by atoms with Crippen LogP contribution in [-0.2, 0) is 5.88 Å². The lowest BCUT2D eigenvalue weighted by Crippen LogP contribution is -2.24. The largest absolute Gasteiger partial charge is 0.390 e. The number of rotatable bonds is 4. The third-order valence-electron chi connectivity index (χ3n) is 1.95. The number of hydrogen-bond donors (Lipinski definition) is 0. The van der Waals surface area contributed by atoms with E-state index >= 15 is 0 Å². The molecule has 3 nitrogen and oxygen atoms in total. The van der Waals surface area contributed by atoms with E-state index in [2.05, 4.69) is 9.97 Å². The number of alkyl halides is 4. The Kier molecular flexibility index (Phi) is 4.35. The van der Waals surface area contributed by atoms with Crippen LogP contribution in [0, 0.1) is 0 Å². The molecule has 0 spiro atoms. The van der Waals surface area contributed by atoms with Crippen LogP contribution in [0.2, 0.25) is 0 Å². The third kappa shape index (κ3) is 4.22. The molecule has 1 heterocycles. The maximum atomic E-state index is 12.0. The Morgan fingerprint density at radius 1 is 1.31 bits per heavy atom. The lowest BCUT2D eigenvalue weighted by molar-refractivity contribution is -0.132. The van der Waals surface area contributed by atoms with Gasteiger partial charge in [-0.3, -0.25) is 4.98 Å². The van der Waals surface area contributed by atoms with Crippen LogP contribution in [0.4, 0.5) is 19.0 Å². The molecule has 0 aromatic carbocycles. The molecule has 0 saturated heterocycles. The van der Waals surface area contributed by atoms with Crippen molar-refractivity contribution >= 4 is 17.4 Å². The van der Waals surface area contributed by atoms with Crippen LogP contribution in [0.5, 0.6) is 0 Å². The molecule has 1 rings (SSSR count). The summed E-state index contributed by atoms with van der Waals surface area (Å²) in [5.74, 6) is 0.637. The van der Waals surface area contributed by atoms with Crippen molar-refractivity contribution in [1.29, 1.82) is 0 Å². The Bertz CT molecular complexity index is 326. The van der Waals surface area contributed by atoms with Crippen LogP contribution in [0.1, 0.15) is 12.1 Å². The van der Waals surface area contributed by atoms with E-state index in [0.717, 1.165) is 0 Å². The Hall–Kier alpha value is -1.04. The van der Waals surface area contributed by atoms with Crippen molar-refractivity contribution in [3.63, 3.8) is 0 Å². The number of nitrogens with zero attached hydrogens (tertiary/aromatic N) is 3. The van der Waals surface area contributed by atoms with Gasteiger partial charge in [0, 0.05) is 13.6 Å². The molecule has 0 unspecified atom stereocenters. The van der Waals surface area contributed by atoms with Gasteiger partial charge in [0.05, 0.1) is 30.4 Å². The average molecular weight is 254 g/mol. The van der Waals surface area contributed by atoms with Gasteiger partial charge >= 0.3 is 6.18 Å². The fourth-order valence-electron chi connectivity index (χ4n) is 1.02. The third-order valence-corrected chi connectivity index (χ3v) is 2.22. The second kappa shape index (κ2) is 5.34. The molecule has 0 radical (unpaired) electrons. The second-order valence-electron chi connectivity index (χ2n) is 3.29. The summed E-state index contributed by atoms with van der Waals surface area (Å²) in [6, 6.07) is 0. The molecule has 90 valence electrons. The lowest BCUT2D eigenvalue weighted by Gasteiger charge is -2.18. The predicted octanol–water partition coefficient (Wildman–Crippen LogP) is 2.60. The van der Waals surface area contributed by atoms with Crippen molar-refractivity contribution in [2.24, 2.45) is 0 Å². The summed E-state index contributed by atoms with van der Waals surface area (Å²) in [4.78, 5) is 9.31. The fourth-order valence-corrected chi connectivity index (χ4v) is 1.16. The molecular weight excluding hydrogens is 243 g/mol. The highest BCUT2D eigenvalue weighted by Gasteiger charge is 2.27. The van der Waals surface area contributed by atoms with Crippen LogP contribution in [0.25, 0.3) is 0 Å². The van der Waals surface area contributed by atoms with E-state index in [1.54, 1.807) is 0 Å². The Labute approximate surface area is 96.3 Å². The first-order valence-electron chi connectivity index (χ1n) is 4.57. The smallest absolute Gasteiger partial charge is 0.358 e. The molecule has 0 aliphatic carbocycles. The number of hydrogen-bond acceptors (Lipinski definition) is 3. The van der Waals surface area contributed by atoms with Gasteiger partial charge in [-0.25, -0.2) is 4.98 Å². The van der Waals surface area contributed by atoms with Crippen molar-refractivity contribution in [2.45, 2.75) is 18.5 Å². The fraction of sp³-hybridized carbons (Fsp3) is 0.556. The SMILES string of the molecule is CN(CCC(F)(F)F)c1cnc(CCl)cn1. The Balaban J connectivity index is 2.56. The predicted molar refractivity (Wildman–Crippen MR) is 55.5 cm³/mol. The van der Waals surface area contributed by atoms with Gasteiger partial charge in [0.25, 0.3) is 0 Å². The Morgan fingerprint density at radius 2 is 2.00 bits per heavy atom. The van der Waals surface area contributed by atoms with E-state index < -0.39 is 12.6 Å². The summed E-state index contributed by atoms with van der Waals surface area (Å²) in [7, 11) is 1.54. The van der Waals surface area contributed by atoms with Crippen molar-refractivity contribution in [1.82, 2.24) is 9.97 Å². The van der Waals surface area contributed by atoms with Crippen LogP contribution < -0.4 is 4.90 Å². The zero-order chi connectivity index (χ0) is 12.2. The van der Waals surface area contributed by atoms with Gasteiger partial charge in [-0.2, -0.15) is 13.2 Å². The van der Waals surface area contributed by atoms with Crippen molar-refractivity contribution in [3.05, 3.63) is 18.1 Å². The summed E-state index contributed by atoms with van der Waals surface area (Å²) in [6.07, 6.45) is -2.17. The molecular formula is C9H11ClF3N3. The van der Waals surface area contributed by atoms with Crippen LogP contribution in [0.15, 0.2) is 12.4 Å². The minimum Gasteiger partial charge on any atom is -0.358 e. The maximum Gasteiger partial charge on any atom is 0.390 e. The summed E-state index contributed by atoms with van der Waals surface area (Å²) < 4.78 is 35.9. The Morgan fingerprint density at radius 3 is 2.44 bits per heavy atom. The molecule has 0 atom stereocenters. The van der Waals surface area contributed by atoms with Crippen LogP contribution in [-0.4, -0.2) is 29.7 Å². The molecule has 1 aromatic rings. The first-order valence-corrected chi connectivity index (χ1v) is 5.10. The second-order valence-corrected chi connectivity index (χ2v) is 3.55. The molecule has 1 aromatic heterocycles. The summed E-state index contributed by atoms with van der Waals surface area (Å²) in [6.45, 7) is -0.140. The monoisotopic (exact) mass is 253 g/mol.